The Morgan fingerprint density at radius 2 is 1.82 bits per heavy atom. The second kappa shape index (κ2) is 8.85. The summed E-state index contributed by atoms with van der Waals surface area (Å²) in [5.74, 6) is -1.19. The van der Waals surface area contributed by atoms with Gasteiger partial charge in [0.05, 0.1) is 17.3 Å². The Morgan fingerprint density at radius 3 is 2.43 bits per heavy atom. The Morgan fingerprint density at radius 1 is 1.14 bits per heavy atom. The van der Waals surface area contributed by atoms with Gasteiger partial charge in [0, 0.05) is 30.4 Å². The van der Waals surface area contributed by atoms with Crippen molar-refractivity contribution < 1.29 is 9.90 Å². The summed E-state index contributed by atoms with van der Waals surface area (Å²) in [6.07, 6.45) is 3.04. The molecule has 146 valence electrons. The maximum atomic E-state index is 11.2. The second-order valence-corrected chi connectivity index (χ2v) is 7.27. The van der Waals surface area contributed by atoms with Crippen LogP contribution in [0.2, 0.25) is 0 Å². The number of hydrogen-bond donors (Lipinski definition) is 1. The minimum absolute atomic E-state index is 0.415. The first-order valence-corrected chi connectivity index (χ1v) is 9.62. The highest BCUT2D eigenvalue weighted by atomic mass is 16.4. The Labute approximate surface area is 166 Å². The zero-order chi connectivity index (χ0) is 20.1. The first-order chi connectivity index (χ1) is 13.5. The highest BCUT2D eigenvalue weighted by Crippen LogP contribution is 2.25. The molecule has 2 aromatic carbocycles. The molecule has 0 radical (unpaired) electrons. The van der Waals surface area contributed by atoms with E-state index in [4.69, 9.17) is 5.10 Å². The van der Waals surface area contributed by atoms with Crippen LogP contribution in [0, 0.1) is 5.92 Å². The number of para-hydroxylation sites is 1. The van der Waals surface area contributed by atoms with Gasteiger partial charge in [-0.3, -0.25) is 4.79 Å². The fourth-order valence-electron chi connectivity index (χ4n) is 3.28. The lowest BCUT2D eigenvalue weighted by Gasteiger charge is -2.18. The van der Waals surface area contributed by atoms with Gasteiger partial charge in [0.25, 0.3) is 0 Å². The quantitative estimate of drug-likeness (QED) is 0.637. The number of benzene rings is 2. The number of aromatic nitrogens is 2. The standard InChI is InChI=1S/C23H27N3O2/c1-4-18-10-12-19(13-11-18)22-20(15-25(3)14-17(2)23(27)28)16-26(24-22)21-8-6-5-7-9-21/h5-13,16-17H,4,14-15H2,1-3H3,(H,27,28). The van der Waals surface area contributed by atoms with Crippen LogP contribution in [-0.2, 0) is 17.8 Å². The Balaban J connectivity index is 1.94. The molecule has 3 aromatic rings. The molecular formula is C23H27N3O2. The largest absolute Gasteiger partial charge is 0.481 e. The molecule has 3 rings (SSSR count). The molecule has 0 amide bonds. The molecule has 5 heteroatoms. The van der Waals surface area contributed by atoms with E-state index in [2.05, 4.69) is 31.2 Å². The predicted octanol–water partition coefficient (Wildman–Crippen LogP) is 4.25. The van der Waals surface area contributed by atoms with Crippen LogP contribution in [0.25, 0.3) is 16.9 Å². The Hall–Kier alpha value is -2.92. The van der Waals surface area contributed by atoms with Crippen LogP contribution in [0.5, 0.6) is 0 Å². The van der Waals surface area contributed by atoms with E-state index in [1.54, 1.807) is 6.92 Å². The minimum atomic E-state index is -0.776. The molecule has 28 heavy (non-hydrogen) atoms. The first kappa shape index (κ1) is 19.8. The van der Waals surface area contributed by atoms with E-state index in [1.807, 2.05) is 53.2 Å². The lowest BCUT2D eigenvalue weighted by atomic mass is 10.0. The van der Waals surface area contributed by atoms with Crippen molar-refractivity contribution in [2.24, 2.45) is 5.92 Å². The summed E-state index contributed by atoms with van der Waals surface area (Å²) in [6, 6.07) is 18.5. The van der Waals surface area contributed by atoms with Gasteiger partial charge in [-0.1, -0.05) is 56.3 Å². The van der Waals surface area contributed by atoms with Gasteiger partial charge in [-0.15, -0.1) is 0 Å². The Kier molecular flexibility index (Phi) is 6.26. The molecule has 1 heterocycles. The van der Waals surface area contributed by atoms with Crippen molar-refractivity contribution in [1.29, 1.82) is 0 Å². The van der Waals surface area contributed by atoms with Crippen molar-refractivity contribution in [2.45, 2.75) is 26.8 Å². The summed E-state index contributed by atoms with van der Waals surface area (Å²) in [5, 5.41) is 14.0. The first-order valence-electron chi connectivity index (χ1n) is 9.62. The van der Waals surface area contributed by atoms with E-state index >= 15 is 0 Å². The van der Waals surface area contributed by atoms with Gasteiger partial charge in [0.2, 0.25) is 0 Å². The third kappa shape index (κ3) is 4.67. The molecule has 0 bridgehead atoms. The van der Waals surface area contributed by atoms with Crippen LogP contribution in [0.3, 0.4) is 0 Å². The van der Waals surface area contributed by atoms with E-state index < -0.39 is 11.9 Å². The molecule has 0 saturated heterocycles. The molecular weight excluding hydrogens is 350 g/mol. The minimum Gasteiger partial charge on any atom is -0.481 e. The van der Waals surface area contributed by atoms with E-state index in [9.17, 15) is 9.90 Å². The smallest absolute Gasteiger partial charge is 0.307 e. The fourth-order valence-corrected chi connectivity index (χ4v) is 3.28. The lowest BCUT2D eigenvalue weighted by Crippen LogP contribution is -2.28. The van der Waals surface area contributed by atoms with Gasteiger partial charge in [-0.2, -0.15) is 5.10 Å². The van der Waals surface area contributed by atoms with Crippen LogP contribution in [-0.4, -0.2) is 39.3 Å². The summed E-state index contributed by atoms with van der Waals surface area (Å²) in [4.78, 5) is 13.2. The summed E-state index contributed by atoms with van der Waals surface area (Å²) in [7, 11) is 1.95. The molecule has 0 fully saturated rings. The second-order valence-electron chi connectivity index (χ2n) is 7.27. The molecule has 0 aliphatic heterocycles. The number of aliphatic carboxylic acids is 1. The number of nitrogens with zero attached hydrogens (tertiary/aromatic N) is 3. The van der Waals surface area contributed by atoms with Gasteiger partial charge in [-0.05, 0) is 31.2 Å². The van der Waals surface area contributed by atoms with E-state index in [0.717, 1.165) is 28.9 Å². The SMILES string of the molecule is CCc1ccc(-c2nn(-c3ccccc3)cc2CN(C)CC(C)C(=O)O)cc1. The average molecular weight is 377 g/mol. The monoisotopic (exact) mass is 377 g/mol. The van der Waals surface area contributed by atoms with E-state index in [0.29, 0.717) is 13.1 Å². The molecule has 1 unspecified atom stereocenters. The molecule has 0 saturated carbocycles. The molecule has 0 aliphatic carbocycles. The average Bonchev–Trinajstić information content (AvgIpc) is 3.12. The van der Waals surface area contributed by atoms with E-state index in [1.165, 1.54) is 5.56 Å². The van der Waals surface area contributed by atoms with Gasteiger partial charge in [0.1, 0.15) is 0 Å². The third-order valence-electron chi connectivity index (χ3n) is 4.89. The summed E-state index contributed by atoms with van der Waals surface area (Å²) >= 11 is 0. The Bertz CT molecular complexity index is 917. The number of carboxylic acid groups (broad SMARTS) is 1. The predicted molar refractivity (Wildman–Crippen MR) is 112 cm³/mol. The molecule has 0 spiro atoms. The van der Waals surface area contributed by atoms with E-state index in [-0.39, 0.29) is 0 Å². The number of carbonyl (C=O) groups is 1. The molecule has 0 aliphatic rings. The number of aryl methyl sites for hydroxylation is 1. The van der Waals surface area contributed by atoms with Crippen LogP contribution >= 0.6 is 0 Å². The van der Waals surface area contributed by atoms with Gasteiger partial charge < -0.3 is 10.0 Å². The van der Waals surface area contributed by atoms with Crippen LogP contribution in [0.1, 0.15) is 25.0 Å². The van der Waals surface area contributed by atoms with Gasteiger partial charge in [-0.25, -0.2) is 4.68 Å². The van der Waals surface area contributed by atoms with Crippen LogP contribution in [0.15, 0.2) is 60.8 Å². The maximum absolute atomic E-state index is 11.2. The van der Waals surface area contributed by atoms with Crippen molar-refractivity contribution in [2.75, 3.05) is 13.6 Å². The van der Waals surface area contributed by atoms with Crippen molar-refractivity contribution >= 4 is 5.97 Å². The zero-order valence-corrected chi connectivity index (χ0v) is 16.7. The van der Waals surface area contributed by atoms with Crippen molar-refractivity contribution in [3.05, 3.63) is 71.9 Å². The molecule has 5 nitrogen and oxygen atoms in total. The van der Waals surface area contributed by atoms with Crippen LogP contribution in [0.4, 0.5) is 0 Å². The maximum Gasteiger partial charge on any atom is 0.307 e. The topological polar surface area (TPSA) is 58.4 Å². The molecule has 1 N–H and O–H groups in total. The summed E-state index contributed by atoms with van der Waals surface area (Å²) in [5.41, 5.74) is 5.37. The zero-order valence-electron chi connectivity index (χ0n) is 16.7. The number of rotatable bonds is 8. The van der Waals surface area contributed by atoms with Crippen molar-refractivity contribution in [3.63, 3.8) is 0 Å². The normalized spacial score (nSPS) is 12.3. The van der Waals surface area contributed by atoms with Crippen LogP contribution < -0.4 is 0 Å². The van der Waals surface area contributed by atoms with Crippen molar-refractivity contribution in [3.8, 4) is 16.9 Å². The molecule has 1 atom stereocenters. The number of carboxylic acids is 1. The van der Waals surface area contributed by atoms with Gasteiger partial charge in [0.15, 0.2) is 0 Å². The summed E-state index contributed by atoms with van der Waals surface area (Å²) in [6.45, 7) is 5.00. The fraction of sp³-hybridized carbons (Fsp3) is 0.304. The lowest BCUT2D eigenvalue weighted by molar-refractivity contribution is -0.141. The number of hydrogen-bond acceptors (Lipinski definition) is 3. The highest BCUT2D eigenvalue weighted by Gasteiger charge is 2.17. The highest BCUT2D eigenvalue weighted by molar-refractivity contribution is 5.69. The summed E-state index contributed by atoms with van der Waals surface area (Å²) < 4.78 is 1.90. The molecule has 1 aromatic heterocycles. The third-order valence-corrected chi connectivity index (χ3v) is 4.89. The van der Waals surface area contributed by atoms with Crippen molar-refractivity contribution in [1.82, 2.24) is 14.7 Å². The van der Waals surface area contributed by atoms with Gasteiger partial charge >= 0.3 is 5.97 Å².